The van der Waals surface area contributed by atoms with Crippen molar-refractivity contribution in [1.29, 1.82) is 0 Å². The van der Waals surface area contributed by atoms with E-state index < -0.39 is 0 Å². The molecule has 5 nitrogen and oxygen atoms in total. The molecule has 2 rings (SSSR count). The highest BCUT2D eigenvalue weighted by molar-refractivity contribution is 14.1. The molecule has 0 bridgehead atoms. The van der Waals surface area contributed by atoms with E-state index in [2.05, 4.69) is 49.8 Å². The lowest BCUT2D eigenvalue weighted by molar-refractivity contribution is 0.181. The molecule has 0 radical (unpaired) electrons. The summed E-state index contributed by atoms with van der Waals surface area (Å²) >= 11 is 9.52. The first-order valence-electron chi connectivity index (χ1n) is 6.06. The summed E-state index contributed by atoms with van der Waals surface area (Å²) < 4.78 is 6.80. The van der Waals surface area contributed by atoms with Gasteiger partial charge in [0.1, 0.15) is 10.2 Å². The zero-order chi connectivity index (χ0) is 14.5. The number of nitrogens with zero attached hydrogens (tertiary/aromatic N) is 3. The number of methoxy groups -OCH3 is 1. The van der Waals surface area contributed by atoms with Gasteiger partial charge in [-0.15, -0.1) is 0 Å². The maximum absolute atomic E-state index is 5.92. The van der Waals surface area contributed by atoms with E-state index in [4.69, 9.17) is 16.3 Å². The molecule has 20 heavy (non-hydrogen) atoms. The first kappa shape index (κ1) is 15.9. The van der Waals surface area contributed by atoms with E-state index in [1.165, 1.54) is 11.3 Å². The molecular weight excluding hydrogens is 411 g/mol. The number of aromatic nitrogens is 3. The summed E-state index contributed by atoms with van der Waals surface area (Å²) in [7, 11) is 1.65. The second-order valence-corrected chi connectivity index (χ2v) is 6.73. The van der Waals surface area contributed by atoms with Crippen LogP contribution in [0.1, 0.15) is 19.0 Å². The lowest BCUT2D eigenvalue weighted by atomic mass is 10.3. The van der Waals surface area contributed by atoms with Crippen LogP contribution < -0.4 is 5.32 Å². The zero-order valence-electron chi connectivity index (χ0n) is 11.1. The maximum Gasteiger partial charge on any atom is 0.191 e. The van der Waals surface area contributed by atoms with Crippen LogP contribution in [0.5, 0.6) is 0 Å². The van der Waals surface area contributed by atoms with Crippen LogP contribution in [0.2, 0.25) is 4.34 Å². The number of anilines is 1. The number of thiazole rings is 1. The third-order valence-corrected chi connectivity index (χ3v) is 4.66. The van der Waals surface area contributed by atoms with Crippen molar-refractivity contribution in [3.63, 3.8) is 0 Å². The van der Waals surface area contributed by atoms with Gasteiger partial charge in [-0.1, -0.05) is 29.9 Å². The first-order valence-corrected chi connectivity index (χ1v) is 8.34. The normalized spacial score (nSPS) is 10.8. The quantitative estimate of drug-likeness (QED) is 0.714. The zero-order valence-corrected chi connectivity index (χ0v) is 14.8. The van der Waals surface area contributed by atoms with Crippen LogP contribution in [-0.2, 0) is 11.3 Å². The van der Waals surface area contributed by atoms with Crippen molar-refractivity contribution >= 4 is 51.3 Å². The molecule has 0 fully saturated rings. The number of hydrogen-bond donors (Lipinski definition) is 1. The molecule has 2 aromatic heterocycles. The Hall–Kier alpha value is -0.510. The summed E-state index contributed by atoms with van der Waals surface area (Å²) in [6.45, 7) is 3.41. The van der Waals surface area contributed by atoms with E-state index in [-0.39, 0.29) is 0 Å². The van der Waals surface area contributed by atoms with Crippen molar-refractivity contribution in [3.05, 3.63) is 19.8 Å². The molecule has 8 heteroatoms. The molecule has 0 aliphatic rings. The van der Waals surface area contributed by atoms with Crippen molar-refractivity contribution in [3.8, 4) is 10.8 Å². The Morgan fingerprint density at radius 2 is 2.25 bits per heavy atom. The van der Waals surface area contributed by atoms with Crippen LogP contribution in [0.4, 0.5) is 5.82 Å². The summed E-state index contributed by atoms with van der Waals surface area (Å²) in [5.74, 6) is 1.39. The van der Waals surface area contributed by atoms with E-state index in [0.29, 0.717) is 21.8 Å². The van der Waals surface area contributed by atoms with Crippen molar-refractivity contribution in [2.75, 3.05) is 19.0 Å². The van der Waals surface area contributed by atoms with E-state index in [0.717, 1.165) is 28.0 Å². The SMILES string of the molecule is CCCNc1nc(-c2ncc(Cl)s2)nc(COC)c1I. The lowest BCUT2D eigenvalue weighted by Crippen LogP contribution is -2.09. The van der Waals surface area contributed by atoms with Gasteiger partial charge in [-0.2, -0.15) is 0 Å². The third kappa shape index (κ3) is 3.78. The van der Waals surface area contributed by atoms with Crippen LogP contribution in [-0.4, -0.2) is 28.6 Å². The van der Waals surface area contributed by atoms with Crippen LogP contribution >= 0.6 is 45.5 Å². The second kappa shape index (κ2) is 7.48. The number of hydrogen-bond acceptors (Lipinski definition) is 6. The molecule has 0 aromatic carbocycles. The Labute approximate surface area is 140 Å². The fraction of sp³-hybridized carbons (Fsp3) is 0.417. The molecule has 0 unspecified atom stereocenters. The number of ether oxygens (including phenoxy) is 1. The summed E-state index contributed by atoms with van der Waals surface area (Å²) in [5.41, 5.74) is 0.850. The second-order valence-electron chi connectivity index (χ2n) is 3.99. The largest absolute Gasteiger partial charge is 0.378 e. The predicted octanol–water partition coefficient (Wildman–Crippen LogP) is 3.83. The molecule has 2 heterocycles. The monoisotopic (exact) mass is 424 g/mol. The number of rotatable bonds is 6. The molecule has 0 saturated heterocycles. The molecule has 0 saturated carbocycles. The van der Waals surface area contributed by atoms with Gasteiger partial charge in [0.2, 0.25) is 0 Å². The van der Waals surface area contributed by atoms with Gasteiger partial charge >= 0.3 is 0 Å². The van der Waals surface area contributed by atoms with Gasteiger partial charge in [-0.25, -0.2) is 15.0 Å². The molecule has 0 spiro atoms. The molecule has 2 aromatic rings. The average molecular weight is 425 g/mol. The van der Waals surface area contributed by atoms with Gasteiger partial charge in [0.05, 0.1) is 22.1 Å². The fourth-order valence-corrected chi connectivity index (χ4v) is 2.97. The van der Waals surface area contributed by atoms with Gasteiger partial charge in [0, 0.05) is 13.7 Å². The summed E-state index contributed by atoms with van der Waals surface area (Å²) in [5, 5.41) is 4.02. The Bertz CT molecular complexity index is 593. The van der Waals surface area contributed by atoms with Crippen LogP contribution in [0.3, 0.4) is 0 Å². The number of halogens is 2. The molecule has 1 N–H and O–H groups in total. The predicted molar refractivity (Wildman–Crippen MR) is 90.4 cm³/mol. The highest BCUT2D eigenvalue weighted by Crippen LogP contribution is 2.29. The molecule has 0 aliphatic heterocycles. The van der Waals surface area contributed by atoms with E-state index >= 15 is 0 Å². The van der Waals surface area contributed by atoms with E-state index in [1.807, 2.05) is 0 Å². The molecule has 0 aliphatic carbocycles. The lowest BCUT2D eigenvalue weighted by Gasteiger charge is -2.11. The molecule has 0 atom stereocenters. The van der Waals surface area contributed by atoms with E-state index in [1.54, 1.807) is 13.3 Å². The molecule has 108 valence electrons. The Balaban J connectivity index is 2.43. The van der Waals surface area contributed by atoms with Gasteiger partial charge < -0.3 is 10.1 Å². The van der Waals surface area contributed by atoms with Crippen molar-refractivity contribution in [2.45, 2.75) is 20.0 Å². The minimum absolute atomic E-state index is 0.438. The summed E-state index contributed by atoms with van der Waals surface area (Å²) in [6, 6.07) is 0. The van der Waals surface area contributed by atoms with Crippen molar-refractivity contribution in [1.82, 2.24) is 15.0 Å². The summed E-state index contributed by atoms with van der Waals surface area (Å²) in [4.78, 5) is 13.3. The maximum atomic E-state index is 5.92. The average Bonchev–Trinajstić information content (AvgIpc) is 2.86. The van der Waals surface area contributed by atoms with Crippen LogP contribution in [0.25, 0.3) is 10.8 Å². The fourth-order valence-electron chi connectivity index (χ4n) is 1.54. The van der Waals surface area contributed by atoms with Crippen molar-refractivity contribution < 1.29 is 4.74 Å². The third-order valence-electron chi connectivity index (χ3n) is 2.41. The standard InChI is InChI=1S/C12H14ClIN4OS/c1-3-4-15-10-9(14)7(6-19-2)17-11(18-10)12-16-5-8(13)20-12/h5H,3-4,6H2,1-2H3,(H,15,17,18). The Kier molecular flexibility index (Phi) is 5.94. The summed E-state index contributed by atoms with van der Waals surface area (Å²) in [6.07, 6.45) is 2.64. The molecular formula is C12H14ClIN4OS. The number of nitrogens with one attached hydrogen (secondary N) is 1. The highest BCUT2D eigenvalue weighted by atomic mass is 127. The topological polar surface area (TPSA) is 59.9 Å². The Morgan fingerprint density at radius 3 is 2.85 bits per heavy atom. The first-order chi connectivity index (χ1) is 9.65. The van der Waals surface area contributed by atoms with Crippen LogP contribution in [0.15, 0.2) is 6.20 Å². The van der Waals surface area contributed by atoms with E-state index in [9.17, 15) is 0 Å². The highest BCUT2D eigenvalue weighted by Gasteiger charge is 2.15. The van der Waals surface area contributed by atoms with Crippen LogP contribution in [0, 0.1) is 3.57 Å². The Morgan fingerprint density at radius 1 is 1.45 bits per heavy atom. The van der Waals surface area contributed by atoms with Crippen molar-refractivity contribution in [2.24, 2.45) is 0 Å². The smallest absolute Gasteiger partial charge is 0.191 e. The van der Waals surface area contributed by atoms with Gasteiger partial charge in [-0.3, -0.25) is 0 Å². The van der Waals surface area contributed by atoms with Gasteiger partial charge in [0.15, 0.2) is 10.8 Å². The minimum Gasteiger partial charge on any atom is -0.378 e. The molecule has 0 amide bonds. The van der Waals surface area contributed by atoms with Gasteiger partial charge in [0.25, 0.3) is 0 Å². The minimum atomic E-state index is 0.438. The van der Waals surface area contributed by atoms with Gasteiger partial charge in [-0.05, 0) is 29.0 Å².